The third-order valence-corrected chi connectivity index (χ3v) is 2.21. The third kappa shape index (κ3) is 1.82. The van der Waals surface area contributed by atoms with Crippen molar-refractivity contribution >= 4 is 35.8 Å². The Balaban J connectivity index is 2.96. The SMILES string of the molecule is OB(O)c1ccsc1B(O)O. The predicted octanol–water partition coefficient (Wildman–Crippen LogP) is -2.89. The monoisotopic (exact) mass is 172 g/mol. The summed E-state index contributed by atoms with van der Waals surface area (Å²) in [5.74, 6) is 0. The average molecular weight is 172 g/mol. The molecule has 0 saturated heterocycles. The molecular formula is C4H6B2O4S. The van der Waals surface area contributed by atoms with Crippen LogP contribution in [0.25, 0.3) is 0 Å². The topological polar surface area (TPSA) is 80.9 Å². The van der Waals surface area contributed by atoms with Gasteiger partial charge in [0, 0.05) is 4.78 Å². The van der Waals surface area contributed by atoms with Gasteiger partial charge in [-0.05, 0) is 10.8 Å². The van der Waals surface area contributed by atoms with Crippen LogP contribution in [-0.4, -0.2) is 34.3 Å². The van der Waals surface area contributed by atoms with Crippen LogP contribution in [0.1, 0.15) is 0 Å². The van der Waals surface area contributed by atoms with E-state index >= 15 is 0 Å². The fourth-order valence-electron chi connectivity index (χ4n) is 0.754. The van der Waals surface area contributed by atoms with Crippen molar-refractivity contribution < 1.29 is 20.1 Å². The second-order valence-electron chi connectivity index (χ2n) is 1.99. The standard InChI is InChI=1S/C4H6B2O4S/c7-5(8)3-1-2-11-4(3)6(9)10/h1-2,7-10H. The van der Waals surface area contributed by atoms with Crippen LogP contribution in [0.4, 0.5) is 0 Å². The molecule has 0 aliphatic carbocycles. The average Bonchev–Trinajstić information content (AvgIpc) is 2.32. The van der Waals surface area contributed by atoms with E-state index in [0.717, 1.165) is 11.3 Å². The van der Waals surface area contributed by atoms with Gasteiger partial charge >= 0.3 is 14.2 Å². The summed E-state index contributed by atoms with van der Waals surface area (Å²) >= 11 is 1.07. The van der Waals surface area contributed by atoms with E-state index in [4.69, 9.17) is 20.1 Å². The van der Waals surface area contributed by atoms with Crippen molar-refractivity contribution in [3.8, 4) is 0 Å². The van der Waals surface area contributed by atoms with E-state index in [1.165, 1.54) is 6.07 Å². The Labute approximate surface area is 68.0 Å². The van der Waals surface area contributed by atoms with Crippen molar-refractivity contribution in [2.45, 2.75) is 0 Å². The van der Waals surface area contributed by atoms with Crippen molar-refractivity contribution in [3.05, 3.63) is 11.4 Å². The predicted molar refractivity (Wildman–Crippen MR) is 44.0 cm³/mol. The first-order valence-electron chi connectivity index (χ1n) is 2.92. The maximum atomic E-state index is 8.69. The van der Waals surface area contributed by atoms with Crippen molar-refractivity contribution in [3.63, 3.8) is 0 Å². The molecular weight excluding hydrogens is 166 g/mol. The van der Waals surface area contributed by atoms with Crippen LogP contribution in [-0.2, 0) is 0 Å². The van der Waals surface area contributed by atoms with Gasteiger partial charge in [-0.3, -0.25) is 0 Å². The van der Waals surface area contributed by atoms with E-state index in [-0.39, 0.29) is 10.2 Å². The van der Waals surface area contributed by atoms with Crippen molar-refractivity contribution in [1.82, 2.24) is 0 Å². The normalized spacial score (nSPS) is 9.82. The lowest BCUT2D eigenvalue weighted by molar-refractivity contribution is 0.420. The molecule has 0 bridgehead atoms. The van der Waals surface area contributed by atoms with Crippen LogP contribution in [0.2, 0.25) is 0 Å². The highest BCUT2D eigenvalue weighted by atomic mass is 32.1. The molecule has 0 radical (unpaired) electrons. The second kappa shape index (κ2) is 3.38. The zero-order chi connectivity index (χ0) is 8.43. The molecule has 1 aromatic heterocycles. The van der Waals surface area contributed by atoms with Gasteiger partial charge in [-0.1, -0.05) is 6.07 Å². The maximum Gasteiger partial charge on any atom is 0.498 e. The van der Waals surface area contributed by atoms with Crippen LogP contribution in [0.3, 0.4) is 0 Å². The summed E-state index contributed by atoms with van der Waals surface area (Å²) in [5.41, 5.74) is 0.144. The van der Waals surface area contributed by atoms with E-state index in [2.05, 4.69) is 0 Å². The zero-order valence-electron chi connectivity index (χ0n) is 5.51. The first kappa shape index (κ1) is 8.76. The van der Waals surface area contributed by atoms with Crippen LogP contribution in [0, 0.1) is 0 Å². The summed E-state index contributed by atoms with van der Waals surface area (Å²) in [6.07, 6.45) is 0. The van der Waals surface area contributed by atoms with Gasteiger partial charge in [-0.2, -0.15) is 11.3 Å². The van der Waals surface area contributed by atoms with Gasteiger partial charge in [0.25, 0.3) is 0 Å². The van der Waals surface area contributed by atoms with Gasteiger partial charge in [0.15, 0.2) is 0 Å². The van der Waals surface area contributed by atoms with Crippen LogP contribution < -0.4 is 10.2 Å². The Morgan fingerprint density at radius 3 is 2.09 bits per heavy atom. The number of thiophene rings is 1. The Morgan fingerprint density at radius 2 is 1.73 bits per heavy atom. The Kier molecular flexibility index (Phi) is 2.69. The summed E-state index contributed by atoms with van der Waals surface area (Å²) in [6.45, 7) is 0. The van der Waals surface area contributed by atoms with E-state index in [1.54, 1.807) is 5.38 Å². The van der Waals surface area contributed by atoms with E-state index in [9.17, 15) is 0 Å². The molecule has 4 N–H and O–H groups in total. The maximum absolute atomic E-state index is 8.69. The lowest BCUT2D eigenvalue weighted by atomic mass is 9.72. The van der Waals surface area contributed by atoms with Crippen molar-refractivity contribution in [2.75, 3.05) is 0 Å². The first-order chi connectivity index (χ1) is 5.13. The fraction of sp³-hybridized carbons (Fsp3) is 0. The third-order valence-electron chi connectivity index (χ3n) is 1.24. The molecule has 4 nitrogen and oxygen atoms in total. The number of hydrogen-bond donors (Lipinski definition) is 4. The highest BCUT2D eigenvalue weighted by Crippen LogP contribution is 1.92. The first-order valence-corrected chi connectivity index (χ1v) is 3.80. The van der Waals surface area contributed by atoms with Crippen LogP contribution >= 0.6 is 11.3 Å². The molecule has 0 aliphatic heterocycles. The second-order valence-corrected chi connectivity index (χ2v) is 2.94. The molecule has 1 rings (SSSR count). The lowest BCUT2D eigenvalue weighted by Gasteiger charge is -1.99. The largest absolute Gasteiger partial charge is 0.498 e. The van der Waals surface area contributed by atoms with Crippen LogP contribution in [0.5, 0.6) is 0 Å². The summed E-state index contributed by atoms with van der Waals surface area (Å²) < 4.78 is 0.167. The minimum absolute atomic E-state index is 0.144. The Hall–Kier alpha value is -0.330. The molecule has 0 aliphatic rings. The van der Waals surface area contributed by atoms with Crippen LogP contribution in [0.15, 0.2) is 11.4 Å². The number of hydrogen-bond acceptors (Lipinski definition) is 5. The quantitative estimate of drug-likeness (QED) is 0.361. The minimum Gasteiger partial charge on any atom is -0.423 e. The Morgan fingerprint density at radius 1 is 1.09 bits per heavy atom. The molecule has 0 amide bonds. The molecule has 11 heavy (non-hydrogen) atoms. The molecule has 0 saturated carbocycles. The van der Waals surface area contributed by atoms with Gasteiger partial charge in [-0.25, -0.2) is 0 Å². The molecule has 0 atom stereocenters. The summed E-state index contributed by atoms with van der Waals surface area (Å²) in [7, 11) is -3.27. The number of rotatable bonds is 2. The van der Waals surface area contributed by atoms with Gasteiger partial charge in [0.05, 0.1) is 0 Å². The van der Waals surface area contributed by atoms with Gasteiger partial charge < -0.3 is 20.1 Å². The van der Waals surface area contributed by atoms with Crippen molar-refractivity contribution in [1.29, 1.82) is 0 Å². The van der Waals surface area contributed by atoms with Crippen molar-refractivity contribution in [2.24, 2.45) is 0 Å². The van der Waals surface area contributed by atoms with Gasteiger partial charge in [0.1, 0.15) is 0 Å². The van der Waals surface area contributed by atoms with E-state index < -0.39 is 14.2 Å². The van der Waals surface area contributed by atoms with E-state index in [1.807, 2.05) is 0 Å². The molecule has 0 aromatic carbocycles. The molecule has 0 unspecified atom stereocenters. The van der Waals surface area contributed by atoms with Gasteiger partial charge in [-0.15, -0.1) is 0 Å². The Bertz CT molecular complexity index is 213. The zero-order valence-corrected chi connectivity index (χ0v) is 6.32. The summed E-state index contributed by atoms with van der Waals surface area (Å²) in [6, 6.07) is 1.43. The smallest absolute Gasteiger partial charge is 0.423 e. The molecule has 0 spiro atoms. The highest BCUT2D eigenvalue weighted by Gasteiger charge is 2.24. The minimum atomic E-state index is -1.64. The fourth-order valence-corrected chi connectivity index (χ4v) is 1.55. The molecule has 58 valence electrons. The molecule has 7 heteroatoms. The molecule has 1 heterocycles. The van der Waals surface area contributed by atoms with E-state index in [0.29, 0.717) is 0 Å². The highest BCUT2D eigenvalue weighted by molar-refractivity contribution is 7.22. The molecule has 0 fully saturated rings. The lowest BCUT2D eigenvalue weighted by Crippen LogP contribution is -2.46. The summed E-state index contributed by atoms with van der Waals surface area (Å²) in [5, 5.41) is 36.3. The summed E-state index contributed by atoms with van der Waals surface area (Å²) in [4.78, 5) is 0. The van der Waals surface area contributed by atoms with Gasteiger partial charge in [0.2, 0.25) is 0 Å². The molecule has 1 aromatic rings.